The van der Waals surface area contributed by atoms with E-state index in [1.807, 2.05) is 55.9 Å². The zero-order chi connectivity index (χ0) is 17.1. The van der Waals surface area contributed by atoms with Crippen molar-refractivity contribution in [1.82, 2.24) is 19.9 Å². The third-order valence-electron chi connectivity index (χ3n) is 3.73. The van der Waals surface area contributed by atoms with Crippen LogP contribution in [0.3, 0.4) is 0 Å². The third kappa shape index (κ3) is 3.59. The molecule has 1 amide bonds. The number of imidazole rings is 1. The van der Waals surface area contributed by atoms with E-state index in [1.165, 1.54) is 0 Å². The van der Waals surface area contributed by atoms with Gasteiger partial charge in [0.1, 0.15) is 0 Å². The van der Waals surface area contributed by atoms with Crippen LogP contribution in [-0.4, -0.2) is 32.7 Å². The fourth-order valence-electron chi connectivity index (χ4n) is 2.55. The number of nitrogens with zero attached hydrogens (tertiary/aromatic N) is 3. The fourth-order valence-corrected chi connectivity index (χ4v) is 3.34. The molecule has 0 radical (unpaired) electrons. The van der Waals surface area contributed by atoms with Gasteiger partial charge in [0, 0.05) is 42.8 Å². The molecule has 124 valence electrons. The molecule has 2 aromatic heterocycles. The lowest BCUT2D eigenvalue weighted by Crippen LogP contribution is -2.26. The number of fused-ring (bicyclic) bond motifs is 1. The zero-order valence-electron chi connectivity index (χ0n) is 14.0. The van der Waals surface area contributed by atoms with Crippen molar-refractivity contribution in [1.29, 1.82) is 0 Å². The number of amides is 1. The highest BCUT2D eigenvalue weighted by Gasteiger charge is 2.12. The van der Waals surface area contributed by atoms with E-state index in [9.17, 15) is 4.79 Å². The quantitative estimate of drug-likeness (QED) is 0.573. The molecule has 24 heavy (non-hydrogen) atoms. The van der Waals surface area contributed by atoms with Gasteiger partial charge in [-0.2, -0.15) is 0 Å². The van der Waals surface area contributed by atoms with E-state index in [0.717, 1.165) is 33.1 Å². The monoisotopic (exact) mass is 340 g/mol. The number of rotatable bonds is 5. The molecule has 0 saturated heterocycles. The highest BCUT2D eigenvalue weighted by atomic mass is 32.2. The first-order chi connectivity index (χ1) is 11.5. The Hall–Kier alpha value is -2.34. The van der Waals surface area contributed by atoms with Gasteiger partial charge in [0.25, 0.3) is 5.91 Å². The number of thioether (sulfide) groups is 1. The summed E-state index contributed by atoms with van der Waals surface area (Å²) >= 11 is 1.62. The number of hydrogen-bond acceptors (Lipinski definition) is 4. The molecule has 0 unspecified atom stereocenters. The Bertz CT molecular complexity index is 888. The average molecular weight is 340 g/mol. The van der Waals surface area contributed by atoms with Crippen LogP contribution < -0.4 is 5.32 Å². The van der Waals surface area contributed by atoms with Gasteiger partial charge in [-0.25, -0.2) is 4.98 Å². The van der Waals surface area contributed by atoms with Crippen LogP contribution in [0.2, 0.25) is 0 Å². The van der Waals surface area contributed by atoms with Gasteiger partial charge < -0.3 is 9.88 Å². The molecule has 0 aliphatic heterocycles. The van der Waals surface area contributed by atoms with Crippen molar-refractivity contribution in [2.24, 2.45) is 7.05 Å². The van der Waals surface area contributed by atoms with Gasteiger partial charge in [-0.1, -0.05) is 23.4 Å². The molecule has 0 atom stereocenters. The highest BCUT2D eigenvalue weighted by Crippen LogP contribution is 2.20. The topological polar surface area (TPSA) is 59.8 Å². The number of benzene rings is 1. The Labute approximate surface area is 145 Å². The Morgan fingerprint density at radius 2 is 2.12 bits per heavy atom. The van der Waals surface area contributed by atoms with Crippen LogP contribution in [0.5, 0.6) is 0 Å². The molecule has 5 nitrogen and oxygen atoms in total. The molecule has 0 aliphatic rings. The maximum Gasteiger partial charge on any atom is 0.252 e. The summed E-state index contributed by atoms with van der Waals surface area (Å²) in [5.41, 5.74) is 3.50. The molecular weight excluding hydrogens is 320 g/mol. The number of carbonyl (C=O) groups is 1. The van der Waals surface area contributed by atoms with Crippen molar-refractivity contribution in [2.45, 2.75) is 19.0 Å². The van der Waals surface area contributed by atoms with Crippen LogP contribution in [0.4, 0.5) is 0 Å². The van der Waals surface area contributed by atoms with E-state index in [0.29, 0.717) is 12.1 Å². The lowest BCUT2D eigenvalue weighted by molar-refractivity contribution is 0.0957. The van der Waals surface area contributed by atoms with Crippen molar-refractivity contribution in [3.63, 3.8) is 0 Å². The number of pyridine rings is 1. The van der Waals surface area contributed by atoms with Gasteiger partial charge in [0.05, 0.1) is 11.1 Å². The first-order valence-corrected chi connectivity index (χ1v) is 8.79. The Morgan fingerprint density at radius 1 is 1.29 bits per heavy atom. The molecular formula is C18H20N4OS. The van der Waals surface area contributed by atoms with Gasteiger partial charge in [0.15, 0.2) is 5.16 Å². The second-order valence-corrected chi connectivity index (χ2v) is 6.82. The summed E-state index contributed by atoms with van der Waals surface area (Å²) in [4.78, 5) is 21.3. The molecule has 3 rings (SSSR count). The third-order valence-corrected chi connectivity index (χ3v) is 4.79. The smallest absolute Gasteiger partial charge is 0.252 e. The van der Waals surface area contributed by atoms with E-state index in [-0.39, 0.29) is 5.91 Å². The standard InChI is InChI=1S/C18H20N4OS/c1-12-4-5-16-14(10-12)15(11-13(2)21-16)17(23)19-7-9-24-18-20-6-8-22(18)3/h4-6,8,10-11H,7,9H2,1-3H3,(H,19,23). The molecule has 0 fully saturated rings. The number of aromatic nitrogens is 3. The minimum Gasteiger partial charge on any atom is -0.351 e. The highest BCUT2D eigenvalue weighted by molar-refractivity contribution is 7.99. The molecule has 2 heterocycles. The van der Waals surface area contributed by atoms with Crippen molar-refractivity contribution in [2.75, 3.05) is 12.3 Å². The molecule has 1 aromatic carbocycles. The molecule has 1 N–H and O–H groups in total. The van der Waals surface area contributed by atoms with Crippen molar-refractivity contribution >= 4 is 28.6 Å². The molecule has 6 heteroatoms. The second kappa shape index (κ2) is 7.05. The van der Waals surface area contributed by atoms with Gasteiger partial charge in [-0.05, 0) is 32.0 Å². The van der Waals surface area contributed by atoms with E-state index in [1.54, 1.807) is 18.0 Å². The predicted octanol–water partition coefficient (Wildman–Crippen LogP) is 3.11. The van der Waals surface area contributed by atoms with Gasteiger partial charge in [-0.15, -0.1) is 0 Å². The van der Waals surface area contributed by atoms with Crippen LogP contribution in [0, 0.1) is 13.8 Å². The minimum atomic E-state index is -0.0588. The normalized spacial score (nSPS) is 11.0. The maximum atomic E-state index is 12.6. The van der Waals surface area contributed by atoms with Gasteiger partial charge in [0.2, 0.25) is 0 Å². The van der Waals surface area contributed by atoms with E-state index in [4.69, 9.17) is 0 Å². The summed E-state index contributed by atoms with van der Waals surface area (Å²) in [6.45, 7) is 4.52. The fraction of sp³-hybridized carbons (Fsp3) is 0.278. The van der Waals surface area contributed by atoms with Gasteiger partial charge >= 0.3 is 0 Å². The van der Waals surface area contributed by atoms with Crippen LogP contribution in [-0.2, 0) is 7.05 Å². The van der Waals surface area contributed by atoms with Crippen molar-refractivity contribution in [3.8, 4) is 0 Å². The Balaban J connectivity index is 1.69. The lowest BCUT2D eigenvalue weighted by Gasteiger charge is -2.09. The summed E-state index contributed by atoms with van der Waals surface area (Å²) in [7, 11) is 1.96. The average Bonchev–Trinajstić information content (AvgIpc) is 2.96. The molecule has 0 bridgehead atoms. The summed E-state index contributed by atoms with van der Waals surface area (Å²) < 4.78 is 1.97. The zero-order valence-corrected chi connectivity index (χ0v) is 14.9. The molecule has 0 saturated carbocycles. The SMILES string of the molecule is Cc1ccc2nc(C)cc(C(=O)NCCSc3nccn3C)c2c1. The van der Waals surface area contributed by atoms with E-state index in [2.05, 4.69) is 15.3 Å². The largest absolute Gasteiger partial charge is 0.351 e. The predicted molar refractivity (Wildman–Crippen MR) is 97.5 cm³/mol. The summed E-state index contributed by atoms with van der Waals surface area (Å²) in [5.74, 6) is 0.717. The van der Waals surface area contributed by atoms with E-state index >= 15 is 0 Å². The van der Waals surface area contributed by atoms with Crippen LogP contribution in [0.25, 0.3) is 10.9 Å². The first kappa shape index (κ1) is 16.5. The molecule has 3 aromatic rings. The lowest BCUT2D eigenvalue weighted by atomic mass is 10.0. The molecule has 0 aliphatic carbocycles. The Kier molecular flexibility index (Phi) is 4.85. The van der Waals surface area contributed by atoms with Crippen LogP contribution >= 0.6 is 11.8 Å². The van der Waals surface area contributed by atoms with Crippen molar-refractivity contribution < 1.29 is 4.79 Å². The number of carbonyl (C=O) groups excluding carboxylic acids is 1. The van der Waals surface area contributed by atoms with Gasteiger partial charge in [-0.3, -0.25) is 9.78 Å². The maximum absolute atomic E-state index is 12.6. The minimum absolute atomic E-state index is 0.0588. The summed E-state index contributed by atoms with van der Waals surface area (Å²) in [6, 6.07) is 7.84. The number of aryl methyl sites for hydroxylation is 3. The molecule has 0 spiro atoms. The first-order valence-electron chi connectivity index (χ1n) is 7.81. The summed E-state index contributed by atoms with van der Waals surface area (Å²) in [6.07, 6.45) is 3.68. The number of hydrogen-bond donors (Lipinski definition) is 1. The van der Waals surface area contributed by atoms with Crippen LogP contribution in [0.1, 0.15) is 21.6 Å². The second-order valence-electron chi connectivity index (χ2n) is 5.76. The summed E-state index contributed by atoms with van der Waals surface area (Å²) in [5, 5.41) is 4.84. The van der Waals surface area contributed by atoms with Crippen molar-refractivity contribution in [3.05, 3.63) is 53.5 Å². The Morgan fingerprint density at radius 3 is 2.88 bits per heavy atom. The number of nitrogens with one attached hydrogen (secondary N) is 1. The van der Waals surface area contributed by atoms with E-state index < -0.39 is 0 Å². The van der Waals surface area contributed by atoms with Crippen LogP contribution in [0.15, 0.2) is 41.8 Å².